The number of rotatable bonds is 4. The smallest absolute Gasteiger partial charge is 0.225 e. The SMILES string of the molecule is CC(=O)N1CC(C(=O)NCc2cccc(C)c2)CCC1c1cccc(C)c1. The molecule has 1 fully saturated rings. The highest BCUT2D eigenvalue weighted by molar-refractivity contribution is 5.81. The van der Waals surface area contributed by atoms with Gasteiger partial charge in [-0.25, -0.2) is 0 Å². The van der Waals surface area contributed by atoms with E-state index in [0.29, 0.717) is 13.1 Å². The Morgan fingerprint density at radius 2 is 1.74 bits per heavy atom. The number of nitrogens with zero attached hydrogens (tertiary/aromatic N) is 1. The summed E-state index contributed by atoms with van der Waals surface area (Å²) >= 11 is 0. The van der Waals surface area contributed by atoms with Gasteiger partial charge in [0.15, 0.2) is 0 Å². The zero-order chi connectivity index (χ0) is 19.4. The Hall–Kier alpha value is -2.62. The molecule has 2 amide bonds. The Labute approximate surface area is 161 Å². The van der Waals surface area contributed by atoms with Gasteiger partial charge in [0.2, 0.25) is 11.8 Å². The van der Waals surface area contributed by atoms with Crippen LogP contribution >= 0.6 is 0 Å². The van der Waals surface area contributed by atoms with E-state index in [1.54, 1.807) is 6.92 Å². The highest BCUT2D eigenvalue weighted by Gasteiger charge is 2.34. The minimum absolute atomic E-state index is 0.0256. The largest absolute Gasteiger partial charge is 0.352 e. The second-order valence-electron chi connectivity index (χ2n) is 7.58. The zero-order valence-corrected chi connectivity index (χ0v) is 16.4. The van der Waals surface area contributed by atoms with Crippen LogP contribution in [-0.4, -0.2) is 23.3 Å². The number of nitrogens with one attached hydrogen (secondary N) is 1. The van der Waals surface area contributed by atoms with E-state index in [1.807, 2.05) is 36.1 Å². The van der Waals surface area contributed by atoms with Crippen molar-refractivity contribution in [1.29, 1.82) is 0 Å². The maximum atomic E-state index is 12.7. The summed E-state index contributed by atoms with van der Waals surface area (Å²) in [4.78, 5) is 26.8. The zero-order valence-electron chi connectivity index (χ0n) is 16.4. The van der Waals surface area contributed by atoms with Gasteiger partial charge in [-0.15, -0.1) is 0 Å². The van der Waals surface area contributed by atoms with Crippen molar-refractivity contribution in [2.75, 3.05) is 6.54 Å². The van der Waals surface area contributed by atoms with Crippen LogP contribution in [0.4, 0.5) is 0 Å². The molecule has 1 aliphatic heterocycles. The van der Waals surface area contributed by atoms with Gasteiger partial charge in [0.1, 0.15) is 0 Å². The van der Waals surface area contributed by atoms with E-state index in [-0.39, 0.29) is 23.8 Å². The van der Waals surface area contributed by atoms with Crippen molar-refractivity contribution in [3.05, 3.63) is 70.8 Å². The Balaban J connectivity index is 1.65. The lowest BCUT2D eigenvalue weighted by Gasteiger charge is -2.39. The lowest BCUT2D eigenvalue weighted by Crippen LogP contribution is -2.46. The van der Waals surface area contributed by atoms with Crippen LogP contribution in [0.3, 0.4) is 0 Å². The molecular formula is C23H28N2O2. The molecule has 142 valence electrons. The Kier molecular flexibility index (Phi) is 5.94. The van der Waals surface area contributed by atoms with Crippen molar-refractivity contribution >= 4 is 11.8 Å². The first kappa shape index (κ1) is 19.2. The number of hydrogen-bond acceptors (Lipinski definition) is 2. The van der Waals surface area contributed by atoms with Gasteiger partial charge in [-0.1, -0.05) is 59.7 Å². The third-order valence-electron chi connectivity index (χ3n) is 5.33. The fraction of sp³-hybridized carbons (Fsp3) is 0.391. The van der Waals surface area contributed by atoms with Crippen LogP contribution in [0.15, 0.2) is 48.5 Å². The molecule has 27 heavy (non-hydrogen) atoms. The van der Waals surface area contributed by atoms with Crippen LogP contribution in [-0.2, 0) is 16.1 Å². The molecule has 0 spiro atoms. The molecule has 2 aromatic rings. The summed E-state index contributed by atoms with van der Waals surface area (Å²) in [6.07, 6.45) is 1.60. The van der Waals surface area contributed by atoms with Crippen LogP contribution in [0, 0.1) is 19.8 Å². The van der Waals surface area contributed by atoms with Gasteiger partial charge in [0.25, 0.3) is 0 Å². The number of carbonyl (C=O) groups is 2. The van der Waals surface area contributed by atoms with E-state index in [0.717, 1.165) is 24.0 Å². The quantitative estimate of drug-likeness (QED) is 0.894. The van der Waals surface area contributed by atoms with Crippen molar-refractivity contribution < 1.29 is 9.59 Å². The Bertz CT molecular complexity index is 831. The van der Waals surface area contributed by atoms with Crippen molar-refractivity contribution in [2.24, 2.45) is 5.92 Å². The van der Waals surface area contributed by atoms with Gasteiger partial charge in [-0.3, -0.25) is 9.59 Å². The Morgan fingerprint density at radius 3 is 2.41 bits per heavy atom. The third-order valence-corrected chi connectivity index (χ3v) is 5.33. The maximum Gasteiger partial charge on any atom is 0.225 e. The highest BCUT2D eigenvalue weighted by atomic mass is 16.2. The molecule has 2 unspecified atom stereocenters. The predicted molar refractivity (Wildman–Crippen MR) is 107 cm³/mol. The van der Waals surface area contributed by atoms with E-state index in [4.69, 9.17) is 0 Å². The molecule has 2 atom stereocenters. The monoisotopic (exact) mass is 364 g/mol. The number of carbonyl (C=O) groups excluding carboxylic acids is 2. The van der Waals surface area contributed by atoms with Gasteiger partial charge in [0.05, 0.1) is 12.0 Å². The molecule has 0 bridgehead atoms. The molecular weight excluding hydrogens is 336 g/mol. The van der Waals surface area contributed by atoms with Crippen molar-refractivity contribution in [3.8, 4) is 0 Å². The standard InChI is InChI=1S/C23H28N2O2/c1-16-6-4-8-19(12-16)14-24-23(27)21-10-11-22(25(15-21)18(3)26)20-9-5-7-17(2)13-20/h4-9,12-13,21-22H,10-11,14-15H2,1-3H3,(H,24,27). The molecule has 3 rings (SSSR count). The molecule has 0 aromatic heterocycles. The van der Waals surface area contributed by atoms with Crippen LogP contribution in [0.2, 0.25) is 0 Å². The number of benzene rings is 2. The topological polar surface area (TPSA) is 49.4 Å². The third kappa shape index (κ3) is 4.76. The summed E-state index contributed by atoms with van der Waals surface area (Å²) in [5.74, 6) is -0.0945. The second kappa shape index (κ2) is 8.38. The van der Waals surface area contributed by atoms with E-state index in [9.17, 15) is 9.59 Å². The van der Waals surface area contributed by atoms with Gasteiger partial charge < -0.3 is 10.2 Å². The van der Waals surface area contributed by atoms with Crippen molar-refractivity contribution in [2.45, 2.75) is 46.2 Å². The minimum atomic E-state index is -0.153. The van der Waals surface area contributed by atoms with Gasteiger partial charge in [-0.05, 0) is 37.8 Å². The number of amides is 2. The van der Waals surface area contributed by atoms with E-state index in [2.05, 4.69) is 36.5 Å². The molecule has 4 nitrogen and oxygen atoms in total. The average Bonchev–Trinajstić information content (AvgIpc) is 2.65. The first-order valence-corrected chi connectivity index (χ1v) is 9.61. The summed E-state index contributed by atoms with van der Waals surface area (Å²) in [7, 11) is 0. The van der Waals surface area contributed by atoms with Gasteiger partial charge >= 0.3 is 0 Å². The van der Waals surface area contributed by atoms with Gasteiger partial charge in [-0.2, -0.15) is 0 Å². The molecule has 4 heteroatoms. The van der Waals surface area contributed by atoms with Crippen LogP contribution < -0.4 is 5.32 Å². The average molecular weight is 364 g/mol. The fourth-order valence-corrected chi connectivity index (χ4v) is 3.91. The molecule has 1 heterocycles. The van der Waals surface area contributed by atoms with Crippen LogP contribution in [0.5, 0.6) is 0 Å². The number of piperidine rings is 1. The van der Waals surface area contributed by atoms with Crippen molar-refractivity contribution in [1.82, 2.24) is 10.2 Å². The Morgan fingerprint density at radius 1 is 1.04 bits per heavy atom. The summed E-state index contributed by atoms with van der Waals surface area (Å²) < 4.78 is 0. The predicted octanol–water partition coefficient (Wildman–Crippen LogP) is 3.92. The molecule has 0 radical (unpaired) electrons. The highest BCUT2D eigenvalue weighted by Crippen LogP contribution is 2.34. The number of hydrogen-bond donors (Lipinski definition) is 1. The van der Waals surface area contributed by atoms with E-state index < -0.39 is 0 Å². The first-order valence-electron chi connectivity index (χ1n) is 9.61. The first-order chi connectivity index (χ1) is 12.9. The second-order valence-corrected chi connectivity index (χ2v) is 7.58. The molecule has 1 aliphatic rings. The lowest BCUT2D eigenvalue weighted by atomic mass is 9.88. The van der Waals surface area contributed by atoms with Crippen LogP contribution in [0.1, 0.15) is 48.1 Å². The summed E-state index contributed by atoms with van der Waals surface area (Å²) in [5.41, 5.74) is 4.63. The molecule has 2 aromatic carbocycles. The van der Waals surface area contributed by atoms with E-state index in [1.165, 1.54) is 11.1 Å². The van der Waals surface area contributed by atoms with Crippen molar-refractivity contribution in [3.63, 3.8) is 0 Å². The molecule has 1 N–H and O–H groups in total. The summed E-state index contributed by atoms with van der Waals surface area (Å²) in [5, 5.41) is 3.04. The minimum Gasteiger partial charge on any atom is -0.352 e. The summed E-state index contributed by atoms with van der Waals surface area (Å²) in [6.45, 7) is 6.70. The lowest BCUT2D eigenvalue weighted by molar-refractivity contribution is -0.137. The normalized spacial score (nSPS) is 19.6. The molecule has 0 aliphatic carbocycles. The summed E-state index contributed by atoms with van der Waals surface area (Å²) in [6, 6.07) is 16.5. The van der Waals surface area contributed by atoms with Gasteiger partial charge in [0, 0.05) is 20.0 Å². The van der Waals surface area contributed by atoms with Crippen LogP contribution in [0.25, 0.3) is 0 Å². The number of aryl methyl sites for hydroxylation is 2. The maximum absolute atomic E-state index is 12.7. The number of likely N-dealkylation sites (tertiary alicyclic amines) is 1. The molecule has 1 saturated heterocycles. The fourth-order valence-electron chi connectivity index (χ4n) is 3.91. The molecule has 0 saturated carbocycles. The van der Waals surface area contributed by atoms with E-state index >= 15 is 0 Å².